The monoisotopic (exact) mass is 178 g/mol. The highest BCUT2D eigenvalue weighted by molar-refractivity contribution is 5.86. The van der Waals surface area contributed by atoms with Gasteiger partial charge in [-0.2, -0.15) is 0 Å². The quantitative estimate of drug-likeness (QED) is 0.594. The number of hydrogen-bond donors (Lipinski definition) is 0. The molecule has 0 aliphatic heterocycles. The van der Waals surface area contributed by atoms with Crippen molar-refractivity contribution in [3.63, 3.8) is 0 Å². The Labute approximate surface area is 80.2 Å². The van der Waals surface area contributed by atoms with E-state index in [-0.39, 0.29) is 0 Å². The van der Waals surface area contributed by atoms with Gasteiger partial charge < -0.3 is 0 Å². The van der Waals surface area contributed by atoms with E-state index in [2.05, 4.69) is 6.58 Å². The second-order valence-electron chi connectivity index (χ2n) is 4.79. The van der Waals surface area contributed by atoms with Gasteiger partial charge in [0.05, 0.1) is 0 Å². The second-order valence-corrected chi connectivity index (χ2v) is 4.79. The van der Waals surface area contributed by atoms with Gasteiger partial charge >= 0.3 is 0 Å². The summed E-state index contributed by atoms with van der Waals surface area (Å²) in [5.74, 6) is 2.08. The van der Waals surface area contributed by atoms with E-state index in [1.807, 2.05) is 6.92 Å². The molecule has 13 heavy (non-hydrogen) atoms. The third kappa shape index (κ3) is 1.84. The number of carbonyl (C=O) groups excluding carboxylic acids is 1. The predicted molar refractivity (Wildman–Crippen MR) is 53.4 cm³/mol. The zero-order chi connectivity index (χ0) is 9.42. The fourth-order valence-corrected chi connectivity index (χ4v) is 2.61. The molecule has 2 fully saturated rings. The normalized spacial score (nSPS) is 37.9. The van der Waals surface area contributed by atoms with Gasteiger partial charge in [-0.3, -0.25) is 4.79 Å². The van der Waals surface area contributed by atoms with Crippen molar-refractivity contribution in [1.29, 1.82) is 0 Å². The predicted octanol–water partition coefficient (Wildman–Crippen LogP) is 2.96. The summed E-state index contributed by atoms with van der Waals surface area (Å²) in [5, 5.41) is 0. The summed E-state index contributed by atoms with van der Waals surface area (Å²) in [5.41, 5.74) is 1.16. The number of ketones is 1. The van der Waals surface area contributed by atoms with E-state index in [1.165, 1.54) is 19.3 Å². The molecule has 0 spiro atoms. The number of allylic oxidation sites excluding steroid dienone is 1. The molecule has 0 radical (unpaired) electrons. The Morgan fingerprint density at radius 2 is 2.31 bits per heavy atom. The zero-order valence-corrected chi connectivity index (χ0v) is 8.38. The van der Waals surface area contributed by atoms with Gasteiger partial charge in [-0.25, -0.2) is 0 Å². The van der Waals surface area contributed by atoms with Gasteiger partial charge in [0.15, 0.2) is 0 Å². The van der Waals surface area contributed by atoms with Crippen molar-refractivity contribution in [3.05, 3.63) is 12.2 Å². The number of hydrogen-bond acceptors (Lipinski definition) is 1. The van der Waals surface area contributed by atoms with E-state index in [4.69, 9.17) is 0 Å². The molecule has 0 amide bonds. The van der Waals surface area contributed by atoms with Crippen molar-refractivity contribution in [3.8, 4) is 0 Å². The lowest BCUT2D eigenvalue weighted by atomic mass is 9.91. The summed E-state index contributed by atoms with van der Waals surface area (Å²) < 4.78 is 0. The number of rotatable bonds is 2. The van der Waals surface area contributed by atoms with Gasteiger partial charge in [0.25, 0.3) is 0 Å². The van der Waals surface area contributed by atoms with Crippen LogP contribution in [-0.2, 0) is 4.79 Å². The summed E-state index contributed by atoms with van der Waals surface area (Å²) in [7, 11) is 0. The van der Waals surface area contributed by atoms with Crippen LogP contribution in [0.3, 0.4) is 0 Å². The lowest BCUT2D eigenvalue weighted by molar-refractivity contribution is -0.124. The van der Waals surface area contributed by atoms with E-state index >= 15 is 0 Å². The third-order valence-electron chi connectivity index (χ3n) is 3.41. The molecule has 0 heterocycles. The molecule has 0 N–H and O–H groups in total. The smallest absolute Gasteiger partial charge is 0.139 e. The molecule has 0 aromatic heterocycles. The van der Waals surface area contributed by atoms with Crippen molar-refractivity contribution in [1.82, 2.24) is 0 Å². The highest BCUT2D eigenvalue weighted by atomic mass is 16.1. The van der Waals surface area contributed by atoms with Crippen molar-refractivity contribution < 1.29 is 4.79 Å². The number of carbonyl (C=O) groups is 1. The van der Waals surface area contributed by atoms with Crippen LogP contribution in [0.5, 0.6) is 0 Å². The van der Waals surface area contributed by atoms with Gasteiger partial charge in [-0.15, -0.1) is 6.58 Å². The van der Waals surface area contributed by atoms with E-state index < -0.39 is 0 Å². The molecule has 1 heteroatoms. The molecule has 0 saturated heterocycles. The molecule has 3 atom stereocenters. The highest BCUT2D eigenvalue weighted by Crippen LogP contribution is 2.48. The first-order valence-electron chi connectivity index (χ1n) is 5.36. The topological polar surface area (TPSA) is 17.1 Å². The summed E-state index contributed by atoms with van der Waals surface area (Å²) >= 11 is 0. The summed E-state index contributed by atoms with van der Waals surface area (Å²) in [4.78, 5) is 11.9. The van der Waals surface area contributed by atoms with E-state index in [1.54, 1.807) is 0 Å². The first kappa shape index (κ1) is 8.98. The fraction of sp³-hybridized carbons (Fsp3) is 0.750. The molecule has 2 aliphatic carbocycles. The SMILES string of the molecule is C=C(C)C[C@H]1CCC[C@@H]2C[C@@H]2C1=O. The van der Waals surface area contributed by atoms with E-state index in [0.717, 1.165) is 24.3 Å². The standard InChI is InChI=1S/C12H18O/c1-8(2)6-10-5-3-4-9-7-11(9)12(10)13/h9-11H,1,3-7H2,2H3/t9-,10-,11+/m1/s1. The van der Waals surface area contributed by atoms with Gasteiger partial charge in [-0.1, -0.05) is 12.0 Å². The number of fused-ring (bicyclic) bond motifs is 1. The van der Waals surface area contributed by atoms with Crippen molar-refractivity contribution in [2.24, 2.45) is 17.8 Å². The van der Waals surface area contributed by atoms with Crippen LogP contribution in [-0.4, -0.2) is 5.78 Å². The molecule has 0 aromatic rings. The third-order valence-corrected chi connectivity index (χ3v) is 3.41. The molecule has 72 valence electrons. The van der Waals surface area contributed by atoms with Crippen LogP contribution in [0.25, 0.3) is 0 Å². The van der Waals surface area contributed by atoms with Crippen LogP contribution in [0, 0.1) is 17.8 Å². The maximum Gasteiger partial charge on any atom is 0.139 e. The molecule has 2 saturated carbocycles. The largest absolute Gasteiger partial charge is 0.299 e. The highest BCUT2D eigenvalue weighted by Gasteiger charge is 2.46. The molecular formula is C12H18O. The Morgan fingerprint density at radius 3 is 3.00 bits per heavy atom. The van der Waals surface area contributed by atoms with E-state index in [9.17, 15) is 4.79 Å². The Bertz CT molecular complexity index is 242. The Morgan fingerprint density at radius 1 is 1.54 bits per heavy atom. The molecule has 2 aliphatic rings. The Hall–Kier alpha value is -0.590. The zero-order valence-electron chi connectivity index (χ0n) is 8.38. The average molecular weight is 178 g/mol. The second kappa shape index (κ2) is 3.28. The van der Waals surface area contributed by atoms with Crippen molar-refractivity contribution in [2.45, 2.75) is 39.0 Å². The Kier molecular flexibility index (Phi) is 2.27. The van der Waals surface area contributed by atoms with Crippen LogP contribution in [0.1, 0.15) is 39.0 Å². The van der Waals surface area contributed by atoms with Gasteiger partial charge in [0.1, 0.15) is 5.78 Å². The molecule has 0 bridgehead atoms. The fourth-order valence-electron chi connectivity index (χ4n) is 2.61. The minimum absolute atomic E-state index is 0.315. The van der Waals surface area contributed by atoms with Crippen LogP contribution in [0.2, 0.25) is 0 Å². The first-order valence-corrected chi connectivity index (χ1v) is 5.36. The maximum absolute atomic E-state index is 11.9. The lowest BCUT2D eigenvalue weighted by Crippen LogP contribution is -2.15. The summed E-state index contributed by atoms with van der Waals surface area (Å²) in [6, 6.07) is 0. The summed E-state index contributed by atoms with van der Waals surface area (Å²) in [6.07, 6.45) is 5.78. The first-order chi connectivity index (χ1) is 6.18. The van der Waals surface area contributed by atoms with Crippen LogP contribution in [0.15, 0.2) is 12.2 Å². The average Bonchev–Trinajstić information content (AvgIpc) is 2.79. The van der Waals surface area contributed by atoms with Gasteiger partial charge in [0, 0.05) is 11.8 Å². The van der Waals surface area contributed by atoms with Crippen LogP contribution >= 0.6 is 0 Å². The minimum atomic E-state index is 0.315. The maximum atomic E-state index is 11.9. The molecular weight excluding hydrogens is 160 g/mol. The van der Waals surface area contributed by atoms with Gasteiger partial charge in [0.2, 0.25) is 0 Å². The van der Waals surface area contributed by atoms with Crippen LogP contribution < -0.4 is 0 Å². The minimum Gasteiger partial charge on any atom is -0.299 e. The lowest BCUT2D eigenvalue weighted by Gasteiger charge is -2.13. The molecule has 0 aromatic carbocycles. The number of Topliss-reactive ketones (excluding diaryl/α,β-unsaturated/α-hetero) is 1. The molecule has 2 rings (SSSR count). The van der Waals surface area contributed by atoms with Crippen molar-refractivity contribution in [2.75, 3.05) is 0 Å². The van der Waals surface area contributed by atoms with E-state index in [0.29, 0.717) is 17.6 Å². The Balaban J connectivity index is 2.00. The summed E-state index contributed by atoms with van der Waals surface area (Å²) in [6.45, 7) is 5.93. The molecule has 1 nitrogen and oxygen atoms in total. The molecule has 0 unspecified atom stereocenters. The van der Waals surface area contributed by atoms with Crippen molar-refractivity contribution >= 4 is 5.78 Å². The van der Waals surface area contributed by atoms with Crippen LogP contribution in [0.4, 0.5) is 0 Å². The van der Waals surface area contributed by atoms with Gasteiger partial charge in [-0.05, 0) is 38.5 Å².